The molecular weight excluding hydrogens is 310 g/mol. The second-order valence-electron chi connectivity index (χ2n) is 4.35. The summed E-state index contributed by atoms with van der Waals surface area (Å²) in [6.45, 7) is 0. The zero-order valence-electron chi connectivity index (χ0n) is 11.3. The van der Waals surface area contributed by atoms with E-state index in [-0.39, 0.29) is 11.7 Å². The number of halogens is 2. The number of primary amides is 1. The summed E-state index contributed by atoms with van der Waals surface area (Å²) in [6.07, 6.45) is 0. The zero-order valence-corrected chi connectivity index (χ0v) is 12.1. The van der Waals surface area contributed by atoms with E-state index < -0.39 is 17.5 Å². The molecule has 0 bridgehead atoms. The average molecular weight is 322 g/mol. The molecule has 0 fully saturated rings. The van der Waals surface area contributed by atoms with Crippen LogP contribution in [0.4, 0.5) is 14.5 Å². The first-order valence-corrected chi connectivity index (χ1v) is 7.22. The Hall–Kier alpha value is -2.41. The third kappa shape index (κ3) is 4.29. The quantitative estimate of drug-likeness (QED) is 0.832. The van der Waals surface area contributed by atoms with Gasteiger partial charge in [-0.25, -0.2) is 8.78 Å². The van der Waals surface area contributed by atoms with Crippen LogP contribution in [-0.2, 0) is 4.79 Å². The number of nitrogens with one attached hydrogen (secondary N) is 1. The van der Waals surface area contributed by atoms with Gasteiger partial charge >= 0.3 is 0 Å². The normalized spacial score (nSPS) is 10.3. The number of hydrogen-bond acceptors (Lipinski definition) is 3. The predicted octanol–water partition coefficient (Wildman–Crippen LogP) is 2.79. The van der Waals surface area contributed by atoms with Crippen LogP contribution in [0, 0.1) is 11.6 Å². The molecule has 0 saturated heterocycles. The fourth-order valence-corrected chi connectivity index (χ4v) is 2.35. The Balaban J connectivity index is 1.89. The van der Waals surface area contributed by atoms with Crippen LogP contribution in [0.2, 0.25) is 0 Å². The molecular formula is C15H12F2N2O2S. The minimum Gasteiger partial charge on any atom is -0.366 e. The summed E-state index contributed by atoms with van der Waals surface area (Å²) in [5, 5.41) is 2.62. The van der Waals surface area contributed by atoms with Gasteiger partial charge in [-0.1, -0.05) is 0 Å². The average Bonchev–Trinajstić information content (AvgIpc) is 2.49. The van der Waals surface area contributed by atoms with Crippen molar-refractivity contribution in [3.8, 4) is 0 Å². The molecule has 0 saturated carbocycles. The monoisotopic (exact) mass is 322 g/mol. The van der Waals surface area contributed by atoms with Crippen LogP contribution in [0.3, 0.4) is 0 Å². The number of anilines is 1. The van der Waals surface area contributed by atoms with E-state index in [4.69, 9.17) is 5.73 Å². The molecule has 0 aliphatic heterocycles. The maximum atomic E-state index is 13.0. The van der Waals surface area contributed by atoms with E-state index in [9.17, 15) is 18.4 Å². The molecule has 2 aromatic carbocycles. The summed E-state index contributed by atoms with van der Waals surface area (Å²) in [5.74, 6) is -2.69. The molecule has 0 spiro atoms. The van der Waals surface area contributed by atoms with Crippen LogP contribution >= 0.6 is 11.8 Å². The molecule has 2 aromatic rings. The number of carbonyl (C=O) groups is 2. The number of rotatable bonds is 5. The molecule has 0 heterocycles. The summed E-state index contributed by atoms with van der Waals surface area (Å²) in [6, 6.07) is 9.56. The second-order valence-corrected chi connectivity index (χ2v) is 5.40. The smallest absolute Gasteiger partial charge is 0.248 e. The summed E-state index contributed by atoms with van der Waals surface area (Å²) >= 11 is 1.09. The van der Waals surface area contributed by atoms with E-state index in [1.165, 1.54) is 18.2 Å². The Morgan fingerprint density at radius 2 is 1.73 bits per heavy atom. The Morgan fingerprint density at radius 3 is 2.32 bits per heavy atom. The highest BCUT2D eigenvalue weighted by Gasteiger charge is 2.07. The van der Waals surface area contributed by atoms with Gasteiger partial charge in [0, 0.05) is 16.1 Å². The Labute approximate surface area is 129 Å². The van der Waals surface area contributed by atoms with Crippen LogP contribution in [0.25, 0.3) is 0 Å². The van der Waals surface area contributed by atoms with Crippen molar-refractivity contribution in [1.29, 1.82) is 0 Å². The number of hydrogen-bond donors (Lipinski definition) is 2. The van der Waals surface area contributed by atoms with Gasteiger partial charge in [-0.3, -0.25) is 9.59 Å². The molecule has 0 aromatic heterocycles. The van der Waals surface area contributed by atoms with Crippen molar-refractivity contribution >= 4 is 29.3 Å². The maximum Gasteiger partial charge on any atom is 0.248 e. The molecule has 0 aliphatic carbocycles. The van der Waals surface area contributed by atoms with Crippen LogP contribution < -0.4 is 11.1 Å². The highest BCUT2D eigenvalue weighted by Crippen LogP contribution is 2.20. The lowest BCUT2D eigenvalue weighted by Crippen LogP contribution is -2.15. The molecule has 0 aliphatic rings. The van der Waals surface area contributed by atoms with Crippen molar-refractivity contribution in [1.82, 2.24) is 0 Å². The molecule has 0 atom stereocenters. The standard InChI is InChI=1S/C15H12F2N2O2S/c16-12-6-5-11(7-13(12)17)22-8-14(20)19-10-3-1-9(2-4-10)15(18)21/h1-7H,8H2,(H2,18,21)(H,19,20). The van der Waals surface area contributed by atoms with Crippen molar-refractivity contribution in [3.05, 3.63) is 59.7 Å². The molecule has 3 N–H and O–H groups in total. The molecule has 22 heavy (non-hydrogen) atoms. The van der Waals surface area contributed by atoms with Crippen molar-refractivity contribution < 1.29 is 18.4 Å². The Morgan fingerprint density at radius 1 is 1.05 bits per heavy atom. The largest absolute Gasteiger partial charge is 0.366 e. The summed E-state index contributed by atoms with van der Waals surface area (Å²) in [4.78, 5) is 23.1. The SMILES string of the molecule is NC(=O)c1ccc(NC(=O)CSc2ccc(F)c(F)c2)cc1. The van der Waals surface area contributed by atoms with Crippen molar-refractivity contribution in [2.24, 2.45) is 5.73 Å². The van der Waals surface area contributed by atoms with E-state index in [0.29, 0.717) is 16.1 Å². The molecule has 114 valence electrons. The van der Waals surface area contributed by atoms with E-state index in [0.717, 1.165) is 23.9 Å². The molecule has 2 amide bonds. The topological polar surface area (TPSA) is 72.2 Å². The Bertz CT molecular complexity index is 705. The van der Waals surface area contributed by atoms with Crippen LogP contribution in [0.1, 0.15) is 10.4 Å². The van der Waals surface area contributed by atoms with Crippen LogP contribution in [0.5, 0.6) is 0 Å². The summed E-state index contributed by atoms with van der Waals surface area (Å²) in [7, 11) is 0. The fraction of sp³-hybridized carbons (Fsp3) is 0.0667. The number of amides is 2. The predicted molar refractivity (Wildman–Crippen MR) is 80.7 cm³/mol. The van der Waals surface area contributed by atoms with Gasteiger partial charge in [-0.15, -0.1) is 11.8 Å². The van der Waals surface area contributed by atoms with Gasteiger partial charge in [-0.2, -0.15) is 0 Å². The van der Waals surface area contributed by atoms with Crippen molar-refractivity contribution in [2.75, 3.05) is 11.1 Å². The third-order valence-corrected chi connectivity index (χ3v) is 3.71. The van der Waals surface area contributed by atoms with E-state index >= 15 is 0 Å². The minimum absolute atomic E-state index is 0.0443. The third-order valence-electron chi connectivity index (χ3n) is 2.71. The zero-order chi connectivity index (χ0) is 16.1. The molecule has 7 heteroatoms. The highest BCUT2D eigenvalue weighted by atomic mass is 32.2. The van der Waals surface area contributed by atoms with Gasteiger partial charge in [0.05, 0.1) is 5.75 Å². The molecule has 2 rings (SSSR count). The highest BCUT2D eigenvalue weighted by molar-refractivity contribution is 8.00. The molecule has 0 radical (unpaired) electrons. The van der Waals surface area contributed by atoms with Crippen molar-refractivity contribution in [2.45, 2.75) is 4.90 Å². The first-order valence-electron chi connectivity index (χ1n) is 6.23. The van der Waals surface area contributed by atoms with Gasteiger partial charge in [0.1, 0.15) is 0 Å². The molecule has 0 unspecified atom stereocenters. The van der Waals surface area contributed by atoms with Gasteiger partial charge in [-0.05, 0) is 42.5 Å². The van der Waals surface area contributed by atoms with Crippen LogP contribution in [0.15, 0.2) is 47.4 Å². The molecule has 4 nitrogen and oxygen atoms in total. The second kappa shape index (κ2) is 7.04. The van der Waals surface area contributed by atoms with Gasteiger partial charge < -0.3 is 11.1 Å². The van der Waals surface area contributed by atoms with Gasteiger partial charge in [0.2, 0.25) is 11.8 Å². The fourth-order valence-electron chi connectivity index (χ4n) is 1.63. The lowest BCUT2D eigenvalue weighted by atomic mass is 10.2. The minimum atomic E-state index is -0.951. The van der Waals surface area contributed by atoms with Crippen molar-refractivity contribution in [3.63, 3.8) is 0 Å². The summed E-state index contributed by atoms with van der Waals surface area (Å²) < 4.78 is 25.8. The van der Waals surface area contributed by atoms with Crippen LogP contribution in [-0.4, -0.2) is 17.6 Å². The van der Waals surface area contributed by atoms with Gasteiger partial charge in [0.15, 0.2) is 11.6 Å². The van der Waals surface area contributed by atoms with Gasteiger partial charge in [0.25, 0.3) is 0 Å². The Kier molecular flexibility index (Phi) is 5.11. The van der Waals surface area contributed by atoms with E-state index in [2.05, 4.69) is 5.32 Å². The number of benzene rings is 2. The lowest BCUT2D eigenvalue weighted by Gasteiger charge is -2.06. The summed E-state index contributed by atoms with van der Waals surface area (Å²) in [5.41, 5.74) is 5.97. The lowest BCUT2D eigenvalue weighted by molar-refractivity contribution is -0.113. The first kappa shape index (κ1) is 16.0. The maximum absolute atomic E-state index is 13.0. The number of carbonyl (C=O) groups excluding carboxylic acids is 2. The number of nitrogens with two attached hydrogens (primary N) is 1. The van der Waals surface area contributed by atoms with E-state index in [1.807, 2.05) is 0 Å². The van der Waals surface area contributed by atoms with E-state index in [1.54, 1.807) is 12.1 Å². The number of thioether (sulfide) groups is 1. The first-order chi connectivity index (χ1) is 10.5.